The van der Waals surface area contributed by atoms with Crippen molar-refractivity contribution in [2.45, 2.75) is 26.9 Å². The van der Waals surface area contributed by atoms with Crippen LogP contribution >= 0.6 is 11.6 Å². The van der Waals surface area contributed by atoms with E-state index < -0.39 is 18.0 Å². The zero-order chi connectivity index (χ0) is 18.3. The van der Waals surface area contributed by atoms with Crippen molar-refractivity contribution in [2.24, 2.45) is 11.7 Å². The molecule has 7 heteroatoms. The van der Waals surface area contributed by atoms with Crippen LogP contribution in [0.5, 0.6) is 11.5 Å². The Bertz CT molecular complexity index is 628. The fraction of sp³-hybridized carbons (Fsp3) is 0.412. The number of halogens is 1. The minimum absolute atomic E-state index is 0.340. The number of rotatable bonds is 8. The zero-order valence-electron chi connectivity index (χ0n) is 14.2. The third kappa shape index (κ3) is 6.12. The molecule has 0 heterocycles. The van der Waals surface area contributed by atoms with Gasteiger partial charge in [0.05, 0.1) is 18.7 Å². The number of primary amides is 1. The molecule has 0 unspecified atom stereocenters. The van der Waals surface area contributed by atoms with Crippen LogP contribution < -0.4 is 15.2 Å². The van der Waals surface area contributed by atoms with E-state index in [0.717, 1.165) is 0 Å². The average Bonchev–Trinajstić information content (AvgIpc) is 2.50. The molecule has 1 aromatic carbocycles. The summed E-state index contributed by atoms with van der Waals surface area (Å²) in [6.07, 6.45) is 1.68. The van der Waals surface area contributed by atoms with E-state index in [1.165, 1.54) is 26.2 Å². The maximum atomic E-state index is 11.6. The van der Waals surface area contributed by atoms with Crippen LogP contribution in [0.25, 0.3) is 6.08 Å². The smallest absolute Gasteiger partial charge is 0.331 e. The fourth-order valence-electron chi connectivity index (χ4n) is 1.66. The van der Waals surface area contributed by atoms with Gasteiger partial charge in [-0.3, -0.25) is 4.79 Å². The first kappa shape index (κ1) is 19.8. The van der Waals surface area contributed by atoms with Crippen molar-refractivity contribution in [2.75, 3.05) is 13.7 Å². The van der Waals surface area contributed by atoms with Crippen molar-refractivity contribution in [1.29, 1.82) is 0 Å². The lowest BCUT2D eigenvalue weighted by Crippen LogP contribution is -2.29. The Kier molecular flexibility index (Phi) is 7.58. The summed E-state index contributed by atoms with van der Waals surface area (Å²) in [4.78, 5) is 22.5. The molecule has 1 rings (SSSR count). The summed E-state index contributed by atoms with van der Waals surface area (Å²) >= 11 is 6.22. The monoisotopic (exact) mass is 355 g/mol. The third-order valence-electron chi connectivity index (χ3n) is 2.92. The lowest BCUT2D eigenvalue weighted by molar-refractivity contribution is -0.148. The Labute approximate surface area is 146 Å². The normalized spacial score (nSPS) is 12.2. The number of amides is 1. The summed E-state index contributed by atoms with van der Waals surface area (Å²) in [6, 6.07) is 3.32. The van der Waals surface area contributed by atoms with E-state index in [0.29, 0.717) is 34.6 Å². The second-order valence-corrected chi connectivity index (χ2v) is 5.96. The van der Waals surface area contributed by atoms with Crippen molar-refractivity contribution in [3.63, 3.8) is 0 Å². The Morgan fingerprint density at radius 1 is 1.29 bits per heavy atom. The van der Waals surface area contributed by atoms with Crippen LogP contribution in [0.1, 0.15) is 26.3 Å². The zero-order valence-corrected chi connectivity index (χ0v) is 14.9. The molecular weight excluding hydrogens is 334 g/mol. The van der Waals surface area contributed by atoms with E-state index in [1.807, 2.05) is 13.8 Å². The SMILES string of the molecule is COc1cc(/C=C/C(=O)O[C@H](C)C(N)=O)cc(Cl)c1OCC(C)C. The number of benzene rings is 1. The highest BCUT2D eigenvalue weighted by atomic mass is 35.5. The van der Waals surface area contributed by atoms with Gasteiger partial charge in [-0.1, -0.05) is 25.4 Å². The maximum absolute atomic E-state index is 11.6. The molecule has 0 bridgehead atoms. The first-order valence-electron chi connectivity index (χ1n) is 7.43. The Hall–Kier alpha value is -2.21. The molecule has 2 N–H and O–H groups in total. The highest BCUT2D eigenvalue weighted by Crippen LogP contribution is 2.37. The van der Waals surface area contributed by atoms with Crippen LogP contribution in [0.3, 0.4) is 0 Å². The predicted octanol–water partition coefficient (Wildman–Crippen LogP) is 2.81. The molecule has 0 saturated heterocycles. The van der Waals surface area contributed by atoms with Gasteiger partial charge in [-0.25, -0.2) is 4.79 Å². The molecule has 0 fully saturated rings. The van der Waals surface area contributed by atoms with Gasteiger partial charge in [-0.15, -0.1) is 0 Å². The van der Waals surface area contributed by atoms with Gasteiger partial charge in [0.1, 0.15) is 0 Å². The molecule has 0 aliphatic carbocycles. The maximum Gasteiger partial charge on any atom is 0.331 e. The molecule has 0 spiro atoms. The highest BCUT2D eigenvalue weighted by Gasteiger charge is 2.14. The Balaban J connectivity index is 2.89. The molecule has 0 aliphatic rings. The highest BCUT2D eigenvalue weighted by molar-refractivity contribution is 6.32. The number of hydrogen-bond donors (Lipinski definition) is 1. The van der Waals surface area contributed by atoms with E-state index >= 15 is 0 Å². The molecule has 0 radical (unpaired) electrons. The lowest BCUT2D eigenvalue weighted by Gasteiger charge is -2.14. The van der Waals surface area contributed by atoms with E-state index in [4.69, 9.17) is 31.5 Å². The van der Waals surface area contributed by atoms with Gasteiger partial charge >= 0.3 is 5.97 Å². The standard InChI is InChI=1S/C17H22ClNO5/c1-10(2)9-23-16-13(18)7-12(8-14(16)22-4)5-6-15(20)24-11(3)17(19)21/h5-8,10-11H,9H2,1-4H3,(H2,19,21)/b6-5+/t11-/m1/s1. The Morgan fingerprint density at radius 3 is 2.50 bits per heavy atom. The summed E-state index contributed by atoms with van der Waals surface area (Å²) in [6.45, 7) is 5.95. The molecular formula is C17H22ClNO5. The van der Waals surface area contributed by atoms with E-state index in [-0.39, 0.29) is 0 Å². The lowest BCUT2D eigenvalue weighted by atomic mass is 10.2. The van der Waals surface area contributed by atoms with E-state index in [1.54, 1.807) is 12.1 Å². The topological polar surface area (TPSA) is 87.9 Å². The molecule has 0 aliphatic heterocycles. The van der Waals surface area contributed by atoms with Gasteiger partial charge in [0.2, 0.25) is 0 Å². The van der Waals surface area contributed by atoms with Crippen molar-refractivity contribution in [1.82, 2.24) is 0 Å². The summed E-state index contributed by atoms with van der Waals surface area (Å²) < 4.78 is 15.8. The van der Waals surface area contributed by atoms with Crippen molar-refractivity contribution in [3.05, 3.63) is 28.8 Å². The molecule has 0 saturated carbocycles. The van der Waals surface area contributed by atoms with Crippen molar-refractivity contribution in [3.8, 4) is 11.5 Å². The summed E-state index contributed by atoms with van der Waals surface area (Å²) in [5.41, 5.74) is 5.65. The fourth-order valence-corrected chi connectivity index (χ4v) is 1.94. The number of methoxy groups -OCH3 is 1. The molecule has 1 atom stereocenters. The molecule has 0 aromatic heterocycles. The van der Waals surface area contributed by atoms with Crippen LogP contribution in [0.15, 0.2) is 18.2 Å². The Morgan fingerprint density at radius 2 is 1.96 bits per heavy atom. The van der Waals surface area contributed by atoms with Gasteiger partial charge in [0.25, 0.3) is 5.91 Å². The molecule has 1 amide bonds. The minimum Gasteiger partial charge on any atom is -0.493 e. The van der Waals surface area contributed by atoms with Gasteiger partial charge in [0, 0.05) is 6.08 Å². The number of ether oxygens (including phenoxy) is 3. The average molecular weight is 356 g/mol. The van der Waals surface area contributed by atoms with Crippen LogP contribution in [-0.2, 0) is 14.3 Å². The van der Waals surface area contributed by atoms with Crippen LogP contribution in [-0.4, -0.2) is 31.7 Å². The first-order chi connectivity index (χ1) is 11.2. The first-order valence-corrected chi connectivity index (χ1v) is 7.80. The number of carbonyl (C=O) groups is 2. The second kappa shape index (κ2) is 9.17. The number of esters is 1. The summed E-state index contributed by atoms with van der Waals surface area (Å²) in [7, 11) is 1.50. The number of nitrogens with two attached hydrogens (primary N) is 1. The van der Waals surface area contributed by atoms with Crippen LogP contribution in [0.4, 0.5) is 0 Å². The predicted molar refractivity (Wildman–Crippen MR) is 92.1 cm³/mol. The van der Waals surface area contributed by atoms with Gasteiger partial charge in [-0.05, 0) is 36.6 Å². The molecule has 1 aromatic rings. The molecule has 6 nitrogen and oxygen atoms in total. The van der Waals surface area contributed by atoms with Gasteiger partial charge < -0.3 is 19.9 Å². The molecule has 24 heavy (non-hydrogen) atoms. The summed E-state index contributed by atoms with van der Waals surface area (Å²) in [5, 5.41) is 0.369. The third-order valence-corrected chi connectivity index (χ3v) is 3.20. The van der Waals surface area contributed by atoms with Crippen molar-refractivity contribution < 1.29 is 23.8 Å². The minimum atomic E-state index is -0.993. The van der Waals surface area contributed by atoms with E-state index in [9.17, 15) is 9.59 Å². The van der Waals surface area contributed by atoms with Crippen LogP contribution in [0, 0.1) is 5.92 Å². The van der Waals surface area contributed by atoms with Crippen LogP contribution in [0.2, 0.25) is 5.02 Å². The van der Waals surface area contributed by atoms with E-state index in [2.05, 4.69) is 0 Å². The van der Waals surface area contributed by atoms with Gasteiger partial charge in [0.15, 0.2) is 17.6 Å². The second-order valence-electron chi connectivity index (χ2n) is 5.55. The van der Waals surface area contributed by atoms with Crippen molar-refractivity contribution >= 4 is 29.6 Å². The summed E-state index contributed by atoms with van der Waals surface area (Å²) in [5.74, 6) is -0.145. The number of hydrogen-bond acceptors (Lipinski definition) is 5. The molecule has 132 valence electrons. The largest absolute Gasteiger partial charge is 0.493 e. The quantitative estimate of drug-likeness (QED) is 0.572. The van der Waals surface area contributed by atoms with Gasteiger partial charge in [-0.2, -0.15) is 0 Å². The number of carbonyl (C=O) groups excluding carboxylic acids is 2.